The number of nitrogens with one attached hydrogen (secondary N) is 1. The second-order valence-corrected chi connectivity index (χ2v) is 7.23. The molecule has 1 heterocycles. The summed E-state index contributed by atoms with van der Waals surface area (Å²) in [4.78, 5) is 24.5. The summed E-state index contributed by atoms with van der Waals surface area (Å²) in [6.45, 7) is 1.06. The Morgan fingerprint density at radius 2 is 1.84 bits per heavy atom. The molecule has 0 radical (unpaired) electrons. The summed E-state index contributed by atoms with van der Waals surface area (Å²) in [5.41, 5.74) is 1.55. The fourth-order valence-electron chi connectivity index (χ4n) is 3.36. The van der Waals surface area contributed by atoms with Crippen molar-refractivity contribution in [2.75, 3.05) is 20.8 Å². The number of carbonyl (C=O) groups is 1. The van der Waals surface area contributed by atoms with E-state index in [1.54, 1.807) is 26.4 Å². The number of nitrogens with zero attached hydrogens (tertiary/aromatic N) is 3. The van der Waals surface area contributed by atoms with Crippen LogP contribution >= 0.6 is 0 Å². The van der Waals surface area contributed by atoms with Crippen molar-refractivity contribution in [2.24, 2.45) is 0 Å². The molecule has 0 unspecified atom stereocenters. The number of methoxy groups -OCH3 is 2. The van der Waals surface area contributed by atoms with Gasteiger partial charge < -0.3 is 14.8 Å². The maximum atomic E-state index is 12.4. The average Bonchev–Trinajstić information content (AvgIpc) is 2.80. The van der Waals surface area contributed by atoms with Crippen molar-refractivity contribution in [1.82, 2.24) is 20.3 Å². The highest BCUT2D eigenvalue weighted by Crippen LogP contribution is 2.27. The third-order valence-electron chi connectivity index (χ3n) is 5.09. The first-order valence-electron chi connectivity index (χ1n) is 10.4. The Balaban J connectivity index is 1.35. The minimum atomic E-state index is -0.126. The molecule has 0 atom stereocenters. The van der Waals surface area contributed by atoms with Crippen LogP contribution in [-0.2, 0) is 17.8 Å². The van der Waals surface area contributed by atoms with Crippen LogP contribution in [-0.4, -0.2) is 41.7 Å². The standard InChI is InChI=1S/C23H28N4O4/c1-30-20-12-11-17(16-21(20)31-2)13-14-24-22(28)10-4-3-7-15-27-23(29)18-8-5-6-9-19(18)25-26-27/h5-6,8-9,11-12,16H,3-4,7,10,13-15H2,1-2H3,(H,24,28). The van der Waals surface area contributed by atoms with Gasteiger partial charge >= 0.3 is 0 Å². The summed E-state index contributed by atoms with van der Waals surface area (Å²) in [5, 5.41) is 11.6. The van der Waals surface area contributed by atoms with Crippen LogP contribution in [0.2, 0.25) is 0 Å². The van der Waals surface area contributed by atoms with E-state index in [0.29, 0.717) is 41.9 Å². The van der Waals surface area contributed by atoms with Gasteiger partial charge in [0.1, 0.15) is 5.52 Å². The SMILES string of the molecule is COc1ccc(CCNC(=O)CCCCCn2nnc3ccccc3c2=O)cc1OC. The lowest BCUT2D eigenvalue weighted by Crippen LogP contribution is -2.25. The predicted octanol–water partition coefficient (Wildman–Crippen LogP) is 2.73. The second kappa shape index (κ2) is 11.1. The average molecular weight is 425 g/mol. The predicted molar refractivity (Wildman–Crippen MR) is 119 cm³/mol. The fraction of sp³-hybridized carbons (Fsp3) is 0.391. The van der Waals surface area contributed by atoms with Crippen LogP contribution in [0.4, 0.5) is 0 Å². The van der Waals surface area contributed by atoms with Crippen molar-refractivity contribution >= 4 is 16.8 Å². The zero-order chi connectivity index (χ0) is 22.1. The lowest BCUT2D eigenvalue weighted by molar-refractivity contribution is -0.121. The van der Waals surface area contributed by atoms with Crippen molar-refractivity contribution < 1.29 is 14.3 Å². The first-order chi connectivity index (χ1) is 15.1. The van der Waals surface area contributed by atoms with E-state index in [1.807, 2.05) is 30.3 Å². The smallest absolute Gasteiger partial charge is 0.277 e. The van der Waals surface area contributed by atoms with E-state index in [9.17, 15) is 9.59 Å². The van der Waals surface area contributed by atoms with E-state index in [2.05, 4.69) is 15.6 Å². The number of ether oxygens (including phenoxy) is 2. The number of rotatable bonds is 11. The molecule has 3 aromatic rings. The number of fused-ring (bicyclic) bond motifs is 1. The molecule has 0 bridgehead atoms. The first-order valence-corrected chi connectivity index (χ1v) is 10.4. The molecule has 1 N–H and O–H groups in total. The molecule has 0 saturated carbocycles. The lowest BCUT2D eigenvalue weighted by Gasteiger charge is -2.10. The molecule has 0 aliphatic heterocycles. The fourth-order valence-corrected chi connectivity index (χ4v) is 3.36. The van der Waals surface area contributed by atoms with E-state index in [4.69, 9.17) is 9.47 Å². The van der Waals surface area contributed by atoms with Gasteiger partial charge in [-0.05, 0) is 49.1 Å². The van der Waals surface area contributed by atoms with Crippen LogP contribution < -0.4 is 20.3 Å². The molecule has 1 aromatic heterocycles. The van der Waals surface area contributed by atoms with Gasteiger partial charge in [-0.2, -0.15) is 0 Å². The molecule has 0 aliphatic carbocycles. The molecule has 1 amide bonds. The van der Waals surface area contributed by atoms with E-state index in [0.717, 1.165) is 31.2 Å². The van der Waals surface area contributed by atoms with Gasteiger partial charge in [0.25, 0.3) is 5.56 Å². The highest BCUT2D eigenvalue weighted by molar-refractivity contribution is 5.76. The van der Waals surface area contributed by atoms with E-state index < -0.39 is 0 Å². The second-order valence-electron chi connectivity index (χ2n) is 7.23. The number of amides is 1. The van der Waals surface area contributed by atoms with Crippen LogP contribution in [0.15, 0.2) is 47.3 Å². The van der Waals surface area contributed by atoms with Crippen molar-refractivity contribution in [1.29, 1.82) is 0 Å². The zero-order valence-electron chi connectivity index (χ0n) is 18.0. The van der Waals surface area contributed by atoms with Crippen molar-refractivity contribution in [2.45, 2.75) is 38.6 Å². The molecular formula is C23H28N4O4. The van der Waals surface area contributed by atoms with Gasteiger partial charge in [0.15, 0.2) is 11.5 Å². The number of aromatic nitrogens is 3. The summed E-state index contributed by atoms with van der Waals surface area (Å²) in [6.07, 6.45) is 3.55. The third-order valence-corrected chi connectivity index (χ3v) is 5.09. The van der Waals surface area contributed by atoms with Crippen LogP contribution in [0.25, 0.3) is 10.9 Å². The van der Waals surface area contributed by atoms with E-state index in [1.165, 1.54) is 4.68 Å². The monoisotopic (exact) mass is 424 g/mol. The largest absolute Gasteiger partial charge is 0.493 e. The van der Waals surface area contributed by atoms with Gasteiger partial charge in [-0.1, -0.05) is 29.8 Å². The molecule has 8 heteroatoms. The lowest BCUT2D eigenvalue weighted by atomic mass is 10.1. The van der Waals surface area contributed by atoms with Crippen LogP contribution in [0.3, 0.4) is 0 Å². The van der Waals surface area contributed by atoms with Gasteiger partial charge in [0, 0.05) is 19.5 Å². The normalized spacial score (nSPS) is 10.8. The minimum absolute atomic E-state index is 0.0307. The topological polar surface area (TPSA) is 95.3 Å². The maximum absolute atomic E-state index is 12.4. The Morgan fingerprint density at radius 3 is 2.65 bits per heavy atom. The van der Waals surface area contributed by atoms with Gasteiger partial charge in [-0.25, -0.2) is 4.68 Å². The minimum Gasteiger partial charge on any atom is -0.493 e. The Bertz CT molecular complexity index is 1080. The summed E-state index contributed by atoms with van der Waals surface area (Å²) in [5.74, 6) is 1.40. The number of benzene rings is 2. The zero-order valence-corrected chi connectivity index (χ0v) is 18.0. The molecular weight excluding hydrogens is 396 g/mol. The van der Waals surface area contributed by atoms with Crippen LogP contribution in [0.5, 0.6) is 11.5 Å². The van der Waals surface area contributed by atoms with Crippen LogP contribution in [0, 0.1) is 0 Å². The number of hydrogen-bond acceptors (Lipinski definition) is 6. The summed E-state index contributed by atoms with van der Waals surface area (Å²) < 4.78 is 11.9. The number of hydrogen-bond donors (Lipinski definition) is 1. The van der Waals surface area contributed by atoms with Crippen LogP contribution in [0.1, 0.15) is 31.2 Å². The number of aryl methyl sites for hydroxylation is 1. The molecule has 0 spiro atoms. The van der Waals surface area contributed by atoms with Gasteiger partial charge in [-0.15, -0.1) is 5.10 Å². The Hall–Kier alpha value is -3.42. The molecule has 31 heavy (non-hydrogen) atoms. The summed E-state index contributed by atoms with van der Waals surface area (Å²) in [6, 6.07) is 12.9. The van der Waals surface area contributed by atoms with Crippen molar-refractivity contribution in [3.8, 4) is 11.5 Å². The van der Waals surface area contributed by atoms with Crippen molar-refractivity contribution in [3.63, 3.8) is 0 Å². The van der Waals surface area contributed by atoms with Gasteiger partial charge in [0.2, 0.25) is 5.91 Å². The molecule has 0 aliphatic rings. The highest BCUT2D eigenvalue weighted by Gasteiger charge is 2.07. The molecule has 3 rings (SSSR count). The molecule has 0 saturated heterocycles. The third kappa shape index (κ3) is 6.04. The van der Waals surface area contributed by atoms with E-state index in [-0.39, 0.29) is 11.5 Å². The molecule has 8 nitrogen and oxygen atoms in total. The van der Waals surface area contributed by atoms with Crippen molar-refractivity contribution in [3.05, 3.63) is 58.4 Å². The van der Waals surface area contributed by atoms with Gasteiger partial charge in [0.05, 0.1) is 19.6 Å². The molecule has 2 aromatic carbocycles. The Kier molecular flexibility index (Phi) is 7.98. The summed E-state index contributed by atoms with van der Waals surface area (Å²) >= 11 is 0. The first kappa shape index (κ1) is 22.3. The van der Waals surface area contributed by atoms with Gasteiger partial charge in [-0.3, -0.25) is 9.59 Å². The Morgan fingerprint density at radius 1 is 1.03 bits per heavy atom. The number of unbranched alkanes of at least 4 members (excludes halogenated alkanes) is 2. The number of carbonyl (C=O) groups excluding carboxylic acids is 1. The molecule has 164 valence electrons. The Labute approximate surface area is 181 Å². The van der Waals surface area contributed by atoms with E-state index >= 15 is 0 Å². The molecule has 0 fully saturated rings. The maximum Gasteiger partial charge on any atom is 0.277 e. The quantitative estimate of drug-likeness (QED) is 0.476. The highest BCUT2D eigenvalue weighted by atomic mass is 16.5. The summed E-state index contributed by atoms with van der Waals surface area (Å²) in [7, 11) is 3.21.